The second-order valence-corrected chi connectivity index (χ2v) is 5.81. The normalized spacial score (nSPS) is 12.0. The molecule has 1 N–H and O–H groups in total. The van der Waals surface area contributed by atoms with E-state index in [0.29, 0.717) is 0 Å². The van der Waals surface area contributed by atoms with Crippen LogP contribution in [-0.2, 0) is 4.79 Å². The van der Waals surface area contributed by atoms with Gasteiger partial charge in [0.2, 0.25) is 0 Å². The summed E-state index contributed by atoms with van der Waals surface area (Å²) in [7, 11) is 0. The number of rotatable bonds is 4. The molecule has 122 valence electrons. The summed E-state index contributed by atoms with van der Waals surface area (Å²) in [4.78, 5) is 17.5. The van der Waals surface area contributed by atoms with E-state index < -0.39 is 6.04 Å². The molecule has 1 amide bonds. The Morgan fingerprint density at radius 2 is 1.48 bits per heavy atom. The molecule has 0 saturated heterocycles. The molecule has 0 aliphatic rings. The van der Waals surface area contributed by atoms with Gasteiger partial charge in [0, 0.05) is 5.69 Å². The van der Waals surface area contributed by atoms with E-state index in [0.717, 1.165) is 22.3 Å². The van der Waals surface area contributed by atoms with Crippen molar-refractivity contribution in [2.75, 3.05) is 5.32 Å². The highest BCUT2D eigenvalue weighted by atomic mass is 16.2. The van der Waals surface area contributed by atoms with Gasteiger partial charge in [-0.25, -0.2) is 4.98 Å². The molecule has 4 rings (SSSR count). The minimum Gasteiger partial charge on any atom is -0.324 e. The highest BCUT2D eigenvalue weighted by Gasteiger charge is 2.24. The Labute approximate surface area is 145 Å². The fourth-order valence-corrected chi connectivity index (χ4v) is 2.99. The standard InChI is InChI=1S/C21H17N3O/c25-21(23-17-11-5-2-6-12-17)20(16-9-3-1-4-10-16)24-15-22-18-13-7-8-14-19(18)24/h1-15,20H,(H,23,25)/t20-/m0/s1. The SMILES string of the molecule is O=C(Nc1ccccc1)[C@H](c1ccccc1)n1cnc2ccccc21. The number of nitrogens with zero attached hydrogens (tertiary/aromatic N) is 2. The van der Waals surface area contributed by atoms with Crippen LogP contribution in [0.15, 0.2) is 91.3 Å². The maximum Gasteiger partial charge on any atom is 0.252 e. The molecule has 0 aliphatic heterocycles. The highest BCUT2D eigenvalue weighted by molar-refractivity contribution is 5.96. The van der Waals surface area contributed by atoms with E-state index in [2.05, 4.69) is 10.3 Å². The van der Waals surface area contributed by atoms with Gasteiger partial charge in [-0.2, -0.15) is 0 Å². The topological polar surface area (TPSA) is 46.9 Å². The Bertz CT molecular complexity index is 993. The zero-order valence-corrected chi connectivity index (χ0v) is 13.5. The number of carbonyl (C=O) groups excluding carboxylic acids is 1. The number of benzene rings is 3. The van der Waals surface area contributed by atoms with Crippen molar-refractivity contribution in [1.29, 1.82) is 0 Å². The molecular formula is C21H17N3O. The molecule has 0 saturated carbocycles. The van der Waals surface area contributed by atoms with E-state index in [1.165, 1.54) is 0 Å². The van der Waals surface area contributed by atoms with Crippen LogP contribution < -0.4 is 5.32 Å². The fraction of sp³-hybridized carbons (Fsp3) is 0.0476. The van der Waals surface area contributed by atoms with Crippen molar-refractivity contribution in [2.24, 2.45) is 0 Å². The maximum atomic E-state index is 13.1. The molecule has 4 aromatic rings. The van der Waals surface area contributed by atoms with Crippen molar-refractivity contribution in [2.45, 2.75) is 6.04 Å². The number of amides is 1. The van der Waals surface area contributed by atoms with E-state index in [9.17, 15) is 4.79 Å². The third-order valence-corrected chi connectivity index (χ3v) is 4.16. The molecular weight excluding hydrogens is 310 g/mol. The van der Waals surface area contributed by atoms with Crippen LogP contribution >= 0.6 is 0 Å². The van der Waals surface area contributed by atoms with Crippen molar-refractivity contribution < 1.29 is 4.79 Å². The van der Waals surface area contributed by atoms with Gasteiger partial charge in [-0.1, -0.05) is 60.7 Å². The van der Waals surface area contributed by atoms with E-state index in [1.54, 1.807) is 6.33 Å². The molecule has 1 heterocycles. The lowest BCUT2D eigenvalue weighted by Crippen LogP contribution is -2.26. The van der Waals surface area contributed by atoms with Crippen molar-refractivity contribution in [3.63, 3.8) is 0 Å². The van der Waals surface area contributed by atoms with E-state index in [1.807, 2.05) is 89.5 Å². The van der Waals surface area contributed by atoms with Gasteiger partial charge in [-0.05, 0) is 29.8 Å². The van der Waals surface area contributed by atoms with Gasteiger partial charge in [0.15, 0.2) is 0 Å². The lowest BCUT2D eigenvalue weighted by molar-refractivity contribution is -0.118. The monoisotopic (exact) mass is 327 g/mol. The summed E-state index contributed by atoms with van der Waals surface area (Å²) < 4.78 is 1.92. The first-order chi connectivity index (χ1) is 12.3. The first kappa shape index (κ1) is 15.1. The third-order valence-electron chi connectivity index (χ3n) is 4.16. The number of aromatic nitrogens is 2. The van der Waals surface area contributed by atoms with Gasteiger partial charge >= 0.3 is 0 Å². The molecule has 1 atom stereocenters. The van der Waals surface area contributed by atoms with Crippen LogP contribution in [0.3, 0.4) is 0 Å². The Kier molecular flexibility index (Phi) is 4.01. The summed E-state index contributed by atoms with van der Waals surface area (Å²) in [6.07, 6.45) is 1.73. The van der Waals surface area contributed by atoms with Gasteiger partial charge in [0.1, 0.15) is 6.04 Å². The molecule has 4 heteroatoms. The molecule has 0 radical (unpaired) electrons. The second-order valence-electron chi connectivity index (χ2n) is 5.81. The summed E-state index contributed by atoms with van der Waals surface area (Å²) in [5.41, 5.74) is 3.49. The zero-order valence-electron chi connectivity index (χ0n) is 13.5. The number of anilines is 1. The number of para-hydroxylation sites is 3. The Hall–Kier alpha value is -3.40. The lowest BCUT2D eigenvalue weighted by Gasteiger charge is -2.19. The van der Waals surface area contributed by atoms with Crippen molar-refractivity contribution in [3.8, 4) is 0 Å². The van der Waals surface area contributed by atoms with Crippen LogP contribution in [0.1, 0.15) is 11.6 Å². The van der Waals surface area contributed by atoms with Crippen LogP contribution in [0.2, 0.25) is 0 Å². The lowest BCUT2D eigenvalue weighted by atomic mass is 10.1. The van der Waals surface area contributed by atoms with Gasteiger partial charge in [-0.3, -0.25) is 4.79 Å². The van der Waals surface area contributed by atoms with E-state index in [-0.39, 0.29) is 5.91 Å². The number of fused-ring (bicyclic) bond motifs is 1. The summed E-state index contributed by atoms with van der Waals surface area (Å²) in [5.74, 6) is -0.0967. The van der Waals surface area contributed by atoms with E-state index >= 15 is 0 Å². The average molecular weight is 327 g/mol. The van der Waals surface area contributed by atoms with Crippen LogP contribution in [0.25, 0.3) is 11.0 Å². The molecule has 0 aliphatic carbocycles. The van der Waals surface area contributed by atoms with Gasteiger partial charge in [0.25, 0.3) is 5.91 Å². The van der Waals surface area contributed by atoms with Gasteiger partial charge in [-0.15, -0.1) is 0 Å². The number of hydrogen-bond acceptors (Lipinski definition) is 2. The van der Waals surface area contributed by atoms with Crippen molar-refractivity contribution in [3.05, 3.63) is 96.8 Å². The van der Waals surface area contributed by atoms with Crippen LogP contribution in [0.5, 0.6) is 0 Å². The number of imidazole rings is 1. The minimum atomic E-state index is -0.492. The fourth-order valence-electron chi connectivity index (χ4n) is 2.99. The summed E-state index contributed by atoms with van der Waals surface area (Å²) >= 11 is 0. The van der Waals surface area contributed by atoms with E-state index in [4.69, 9.17) is 0 Å². The van der Waals surface area contributed by atoms with Gasteiger partial charge in [0.05, 0.1) is 17.4 Å². The molecule has 0 fully saturated rings. The Morgan fingerprint density at radius 1 is 0.840 bits per heavy atom. The summed E-state index contributed by atoms with van der Waals surface area (Å²) in [5, 5.41) is 3.01. The Balaban J connectivity index is 1.78. The predicted molar refractivity (Wildman–Crippen MR) is 99.4 cm³/mol. The Morgan fingerprint density at radius 3 is 2.24 bits per heavy atom. The van der Waals surface area contributed by atoms with Gasteiger partial charge < -0.3 is 9.88 Å². The zero-order chi connectivity index (χ0) is 17.1. The smallest absolute Gasteiger partial charge is 0.252 e. The quantitative estimate of drug-likeness (QED) is 0.608. The van der Waals surface area contributed by atoms with Crippen LogP contribution in [0.4, 0.5) is 5.69 Å². The second kappa shape index (κ2) is 6.61. The average Bonchev–Trinajstić information content (AvgIpc) is 3.08. The molecule has 1 aromatic heterocycles. The highest BCUT2D eigenvalue weighted by Crippen LogP contribution is 2.25. The molecule has 25 heavy (non-hydrogen) atoms. The van der Waals surface area contributed by atoms with Crippen LogP contribution in [0, 0.1) is 0 Å². The summed E-state index contributed by atoms with van der Waals surface area (Å²) in [6.45, 7) is 0. The number of nitrogens with one attached hydrogen (secondary N) is 1. The molecule has 3 aromatic carbocycles. The molecule has 0 unspecified atom stereocenters. The largest absolute Gasteiger partial charge is 0.324 e. The minimum absolute atomic E-state index is 0.0967. The van der Waals surface area contributed by atoms with Crippen LogP contribution in [-0.4, -0.2) is 15.5 Å². The molecule has 0 spiro atoms. The maximum absolute atomic E-state index is 13.1. The number of carbonyl (C=O) groups is 1. The first-order valence-corrected chi connectivity index (χ1v) is 8.15. The summed E-state index contributed by atoms with van der Waals surface area (Å²) in [6, 6.07) is 26.6. The third kappa shape index (κ3) is 3.02. The number of hydrogen-bond donors (Lipinski definition) is 1. The first-order valence-electron chi connectivity index (χ1n) is 8.15. The van der Waals surface area contributed by atoms with Crippen molar-refractivity contribution in [1.82, 2.24) is 9.55 Å². The predicted octanol–water partition coefficient (Wildman–Crippen LogP) is 4.26. The molecule has 0 bridgehead atoms. The molecule has 4 nitrogen and oxygen atoms in total. The van der Waals surface area contributed by atoms with Crippen molar-refractivity contribution >= 4 is 22.6 Å².